The van der Waals surface area contributed by atoms with Crippen LogP contribution >= 0.6 is 0 Å². The molecule has 8 heteroatoms. The van der Waals surface area contributed by atoms with Crippen LogP contribution in [0.5, 0.6) is 0 Å². The molecule has 0 aromatic carbocycles. The standard InChI is InChI=1S/C17H31F3N4O/c1-16(2)14(17(18,19)20)7-10-24(16)15(25)21-13-5-8-23(9-6-13)12-11-22(3)4/h13-14H,5-12H2,1-4H3,(H,21,25)/t14-/m0/s1. The summed E-state index contributed by atoms with van der Waals surface area (Å²) in [5.74, 6) is -1.46. The van der Waals surface area contributed by atoms with E-state index >= 15 is 0 Å². The number of alkyl halides is 3. The minimum absolute atomic E-state index is 0.0209. The molecule has 2 aliphatic heterocycles. The molecule has 2 heterocycles. The van der Waals surface area contributed by atoms with Gasteiger partial charge in [0.1, 0.15) is 0 Å². The zero-order valence-electron chi connectivity index (χ0n) is 15.7. The van der Waals surface area contributed by atoms with Gasteiger partial charge in [-0.25, -0.2) is 4.79 Å². The second-order valence-electron chi connectivity index (χ2n) is 8.06. The van der Waals surface area contributed by atoms with E-state index in [9.17, 15) is 18.0 Å². The van der Waals surface area contributed by atoms with Gasteiger partial charge in [-0.15, -0.1) is 0 Å². The number of carbonyl (C=O) groups excluding carboxylic acids is 1. The minimum Gasteiger partial charge on any atom is -0.335 e. The lowest BCUT2D eigenvalue weighted by Gasteiger charge is -2.38. The second kappa shape index (κ2) is 7.70. The average Bonchev–Trinajstić information content (AvgIpc) is 2.81. The van der Waals surface area contributed by atoms with Crippen molar-refractivity contribution in [1.82, 2.24) is 20.0 Å². The van der Waals surface area contributed by atoms with Gasteiger partial charge in [-0.1, -0.05) is 0 Å². The van der Waals surface area contributed by atoms with Crippen molar-refractivity contribution in [2.75, 3.05) is 46.8 Å². The molecule has 1 N–H and O–H groups in total. The molecule has 0 radical (unpaired) electrons. The van der Waals surface area contributed by atoms with Gasteiger partial charge < -0.3 is 20.0 Å². The molecule has 0 aromatic rings. The number of likely N-dealkylation sites (N-methyl/N-ethyl adjacent to an activating group) is 1. The number of hydrogen-bond donors (Lipinski definition) is 1. The smallest absolute Gasteiger partial charge is 0.335 e. The Kier molecular flexibility index (Phi) is 6.25. The van der Waals surface area contributed by atoms with E-state index in [2.05, 4.69) is 15.1 Å². The summed E-state index contributed by atoms with van der Waals surface area (Å²) in [4.78, 5) is 18.4. The van der Waals surface area contributed by atoms with Crippen LogP contribution in [0.2, 0.25) is 0 Å². The van der Waals surface area contributed by atoms with Gasteiger partial charge in [-0.2, -0.15) is 13.2 Å². The molecule has 0 saturated carbocycles. The lowest BCUT2D eigenvalue weighted by atomic mass is 9.88. The molecular weight excluding hydrogens is 333 g/mol. The Morgan fingerprint density at radius 1 is 1.16 bits per heavy atom. The third-order valence-electron chi connectivity index (χ3n) is 5.61. The lowest BCUT2D eigenvalue weighted by Crippen LogP contribution is -2.55. The quantitative estimate of drug-likeness (QED) is 0.833. The lowest BCUT2D eigenvalue weighted by molar-refractivity contribution is -0.189. The number of nitrogens with zero attached hydrogens (tertiary/aromatic N) is 3. The Morgan fingerprint density at radius 2 is 1.76 bits per heavy atom. The van der Waals surface area contributed by atoms with Gasteiger partial charge in [0.05, 0.1) is 11.5 Å². The molecule has 0 unspecified atom stereocenters. The summed E-state index contributed by atoms with van der Waals surface area (Å²) < 4.78 is 39.5. The highest BCUT2D eigenvalue weighted by Gasteiger charge is 2.56. The van der Waals surface area contributed by atoms with E-state index in [1.54, 1.807) is 0 Å². The summed E-state index contributed by atoms with van der Waals surface area (Å²) in [6, 6.07) is -0.313. The molecule has 2 rings (SSSR count). The van der Waals surface area contributed by atoms with Crippen LogP contribution in [0.4, 0.5) is 18.0 Å². The summed E-state index contributed by atoms with van der Waals surface area (Å²) >= 11 is 0. The molecule has 25 heavy (non-hydrogen) atoms. The van der Waals surface area contributed by atoms with Crippen molar-refractivity contribution in [3.63, 3.8) is 0 Å². The Morgan fingerprint density at radius 3 is 2.24 bits per heavy atom. The fourth-order valence-corrected chi connectivity index (χ4v) is 3.91. The van der Waals surface area contributed by atoms with Gasteiger partial charge >= 0.3 is 12.2 Å². The third-order valence-corrected chi connectivity index (χ3v) is 5.61. The highest BCUT2D eigenvalue weighted by Crippen LogP contribution is 2.44. The van der Waals surface area contributed by atoms with E-state index in [0.717, 1.165) is 39.0 Å². The van der Waals surface area contributed by atoms with Crippen LogP contribution in [-0.2, 0) is 0 Å². The largest absolute Gasteiger partial charge is 0.394 e. The Labute approximate surface area is 148 Å². The first kappa shape index (κ1) is 20.3. The maximum Gasteiger partial charge on any atom is 0.394 e. The van der Waals surface area contributed by atoms with E-state index in [0.29, 0.717) is 0 Å². The van der Waals surface area contributed by atoms with Crippen molar-refractivity contribution >= 4 is 6.03 Å². The van der Waals surface area contributed by atoms with Crippen molar-refractivity contribution in [3.8, 4) is 0 Å². The fourth-order valence-electron chi connectivity index (χ4n) is 3.91. The molecule has 2 saturated heterocycles. The maximum atomic E-state index is 13.2. The summed E-state index contributed by atoms with van der Waals surface area (Å²) in [5.41, 5.74) is -1.20. The van der Waals surface area contributed by atoms with Crippen molar-refractivity contribution in [3.05, 3.63) is 0 Å². The molecule has 2 fully saturated rings. The Balaban J connectivity index is 1.83. The number of likely N-dealkylation sites (tertiary alicyclic amines) is 2. The number of hydrogen-bond acceptors (Lipinski definition) is 3. The number of nitrogens with one attached hydrogen (secondary N) is 1. The van der Waals surface area contributed by atoms with Gasteiger partial charge in [-0.3, -0.25) is 0 Å². The van der Waals surface area contributed by atoms with Crippen LogP contribution in [0.3, 0.4) is 0 Å². The molecule has 0 spiro atoms. The molecular formula is C17H31F3N4O. The second-order valence-corrected chi connectivity index (χ2v) is 8.06. The summed E-state index contributed by atoms with van der Waals surface area (Å²) in [6.07, 6.45) is -2.60. The first-order valence-electron chi connectivity index (χ1n) is 9.03. The van der Waals surface area contributed by atoms with Crippen molar-refractivity contribution < 1.29 is 18.0 Å². The highest BCUT2D eigenvalue weighted by molar-refractivity contribution is 5.76. The average molecular weight is 364 g/mol. The van der Waals surface area contributed by atoms with E-state index in [4.69, 9.17) is 0 Å². The molecule has 5 nitrogen and oxygen atoms in total. The van der Waals surface area contributed by atoms with Gasteiger partial charge in [0.2, 0.25) is 0 Å². The van der Waals surface area contributed by atoms with Crippen molar-refractivity contribution in [2.45, 2.75) is 50.9 Å². The van der Waals surface area contributed by atoms with Gasteiger partial charge in [0, 0.05) is 38.8 Å². The van der Waals surface area contributed by atoms with Crippen LogP contribution in [-0.4, -0.2) is 85.3 Å². The molecule has 0 bridgehead atoms. The maximum absolute atomic E-state index is 13.2. The molecule has 0 aliphatic carbocycles. The molecule has 146 valence electrons. The monoisotopic (exact) mass is 364 g/mol. The van der Waals surface area contributed by atoms with Crippen LogP contribution in [0.25, 0.3) is 0 Å². The highest BCUT2D eigenvalue weighted by atomic mass is 19.4. The number of carbonyl (C=O) groups is 1. The summed E-state index contributed by atoms with van der Waals surface area (Å²) in [7, 11) is 4.08. The normalized spacial score (nSPS) is 25.6. The zero-order chi connectivity index (χ0) is 18.8. The predicted octanol–water partition coefficient (Wildman–Crippen LogP) is 2.38. The Bertz CT molecular complexity index is 459. The molecule has 1 atom stereocenters. The van der Waals surface area contributed by atoms with Gasteiger partial charge in [-0.05, 0) is 47.2 Å². The summed E-state index contributed by atoms with van der Waals surface area (Å²) in [6.45, 7) is 7.01. The Hall–Kier alpha value is -1.02. The molecule has 2 amide bonds. The van der Waals surface area contributed by atoms with E-state index in [-0.39, 0.29) is 25.0 Å². The number of halogens is 3. The van der Waals surface area contributed by atoms with E-state index in [1.165, 1.54) is 18.7 Å². The van der Waals surface area contributed by atoms with Crippen LogP contribution in [0.15, 0.2) is 0 Å². The van der Waals surface area contributed by atoms with E-state index in [1.807, 2.05) is 14.1 Å². The van der Waals surface area contributed by atoms with Gasteiger partial charge in [0.15, 0.2) is 0 Å². The van der Waals surface area contributed by atoms with Crippen LogP contribution in [0, 0.1) is 5.92 Å². The van der Waals surface area contributed by atoms with Crippen molar-refractivity contribution in [1.29, 1.82) is 0 Å². The van der Waals surface area contributed by atoms with Crippen molar-refractivity contribution in [2.24, 2.45) is 5.92 Å². The fraction of sp³-hybridized carbons (Fsp3) is 0.941. The number of amides is 2. The van der Waals surface area contributed by atoms with Crippen LogP contribution in [0.1, 0.15) is 33.1 Å². The van der Waals surface area contributed by atoms with E-state index < -0.39 is 17.6 Å². The third kappa shape index (κ3) is 5.00. The zero-order valence-corrected chi connectivity index (χ0v) is 15.7. The number of urea groups is 1. The number of rotatable bonds is 4. The topological polar surface area (TPSA) is 38.8 Å². The molecule has 0 aromatic heterocycles. The summed E-state index contributed by atoms with van der Waals surface area (Å²) in [5, 5.41) is 2.96. The van der Waals surface area contributed by atoms with Crippen LogP contribution < -0.4 is 5.32 Å². The minimum atomic E-state index is -4.27. The first-order chi connectivity index (χ1) is 11.5. The SMILES string of the molecule is CN(C)CCN1CCC(NC(=O)N2CC[C@H](C(F)(F)F)C2(C)C)CC1. The number of piperidine rings is 1. The molecule has 2 aliphatic rings. The predicted molar refractivity (Wildman–Crippen MR) is 91.5 cm³/mol. The first-order valence-corrected chi connectivity index (χ1v) is 9.03. The van der Waals surface area contributed by atoms with Gasteiger partial charge in [0.25, 0.3) is 0 Å².